The lowest BCUT2D eigenvalue weighted by Gasteiger charge is -2.20. The topological polar surface area (TPSA) is 53.7 Å². The Hall–Kier alpha value is -1.26. The molecule has 20 heavy (non-hydrogen) atoms. The molecule has 0 spiro atoms. The summed E-state index contributed by atoms with van der Waals surface area (Å²) in [5.41, 5.74) is 6.71. The average molecular weight is 279 g/mol. The second kappa shape index (κ2) is 6.46. The first-order valence-corrected chi connectivity index (χ1v) is 7.21. The Morgan fingerprint density at radius 3 is 2.75 bits per heavy atom. The molecule has 0 aromatic heterocycles. The molecule has 4 nitrogen and oxygen atoms in total. The Bertz CT molecular complexity index is 445. The number of hydrogen-bond donors (Lipinski definition) is 1. The lowest BCUT2D eigenvalue weighted by molar-refractivity contribution is -0.0329. The predicted molar refractivity (Wildman–Crippen MR) is 79.4 cm³/mol. The third kappa shape index (κ3) is 3.87. The van der Waals surface area contributed by atoms with E-state index in [9.17, 15) is 0 Å². The highest BCUT2D eigenvalue weighted by atomic mass is 16.6. The molecule has 2 rings (SSSR count). The van der Waals surface area contributed by atoms with Crippen molar-refractivity contribution in [2.75, 3.05) is 20.3 Å². The van der Waals surface area contributed by atoms with E-state index in [4.69, 9.17) is 19.9 Å². The van der Waals surface area contributed by atoms with Crippen LogP contribution in [0.3, 0.4) is 0 Å². The first-order chi connectivity index (χ1) is 9.54. The highest BCUT2D eigenvalue weighted by molar-refractivity contribution is 5.43. The second-order valence-electron chi connectivity index (χ2n) is 5.87. The van der Waals surface area contributed by atoms with E-state index in [2.05, 4.69) is 13.8 Å². The molecule has 0 amide bonds. The minimum absolute atomic E-state index is 0.0247. The van der Waals surface area contributed by atoms with E-state index in [1.54, 1.807) is 7.11 Å². The van der Waals surface area contributed by atoms with Gasteiger partial charge in [-0.25, -0.2) is 0 Å². The maximum Gasteiger partial charge on any atom is 0.161 e. The molecule has 0 aliphatic carbocycles. The van der Waals surface area contributed by atoms with Crippen LogP contribution in [-0.2, 0) is 11.2 Å². The van der Waals surface area contributed by atoms with Gasteiger partial charge in [-0.1, -0.05) is 6.07 Å². The number of ether oxygens (including phenoxy) is 3. The summed E-state index contributed by atoms with van der Waals surface area (Å²) >= 11 is 0. The lowest BCUT2D eigenvalue weighted by atomic mass is 10.1. The minimum atomic E-state index is -0.0247. The molecule has 112 valence electrons. The highest BCUT2D eigenvalue weighted by Crippen LogP contribution is 2.32. The zero-order valence-electron chi connectivity index (χ0n) is 12.6. The molecule has 0 bridgehead atoms. The molecule has 1 fully saturated rings. The summed E-state index contributed by atoms with van der Waals surface area (Å²) in [6.07, 6.45) is 3.13. The van der Waals surface area contributed by atoms with E-state index in [1.165, 1.54) is 0 Å². The molecule has 1 atom stereocenters. The Balaban J connectivity index is 1.95. The van der Waals surface area contributed by atoms with Gasteiger partial charge in [0.25, 0.3) is 0 Å². The number of methoxy groups -OCH3 is 1. The largest absolute Gasteiger partial charge is 0.493 e. The lowest BCUT2D eigenvalue weighted by Crippen LogP contribution is -2.24. The molecule has 4 heteroatoms. The van der Waals surface area contributed by atoms with Crippen LogP contribution in [0.1, 0.15) is 32.3 Å². The van der Waals surface area contributed by atoms with Crippen LogP contribution >= 0.6 is 0 Å². The number of rotatable bonds is 6. The fourth-order valence-corrected chi connectivity index (χ4v) is 2.53. The standard InChI is InChI=1S/C16H25NO3/c1-16(2)8-6-13(20-16)11-19-14-5-4-12(7-9-17)10-15(14)18-3/h4-5,10,13H,6-9,11,17H2,1-3H3. The maximum atomic E-state index is 5.92. The van der Waals surface area contributed by atoms with Crippen molar-refractivity contribution in [3.63, 3.8) is 0 Å². The molecule has 1 aromatic rings. The van der Waals surface area contributed by atoms with Gasteiger partial charge in [0.05, 0.1) is 18.8 Å². The Morgan fingerprint density at radius 1 is 1.35 bits per heavy atom. The molecule has 1 aromatic carbocycles. The van der Waals surface area contributed by atoms with Crippen LogP contribution in [0.25, 0.3) is 0 Å². The summed E-state index contributed by atoms with van der Waals surface area (Å²) in [7, 11) is 1.66. The van der Waals surface area contributed by atoms with Gasteiger partial charge in [0.15, 0.2) is 11.5 Å². The molecule has 0 radical (unpaired) electrons. The molecule has 0 saturated carbocycles. The minimum Gasteiger partial charge on any atom is -0.493 e. The smallest absolute Gasteiger partial charge is 0.161 e. The van der Waals surface area contributed by atoms with Gasteiger partial charge >= 0.3 is 0 Å². The number of nitrogens with two attached hydrogens (primary N) is 1. The molecule has 1 saturated heterocycles. The average Bonchev–Trinajstić information content (AvgIpc) is 2.77. The molecular weight excluding hydrogens is 254 g/mol. The highest BCUT2D eigenvalue weighted by Gasteiger charge is 2.32. The molecular formula is C16H25NO3. The SMILES string of the molecule is COc1cc(CCN)ccc1OCC1CCC(C)(C)O1. The van der Waals surface area contributed by atoms with Gasteiger partial charge in [0, 0.05) is 0 Å². The van der Waals surface area contributed by atoms with E-state index >= 15 is 0 Å². The summed E-state index contributed by atoms with van der Waals surface area (Å²) < 4.78 is 17.2. The van der Waals surface area contributed by atoms with Gasteiger partial charge in [-0.2, -0.15) is 0 Å². The third-order valence-electron chi connectivity index (χ3n) is 3.64. The summed E-state index contributed by atoms with van der Waals surface area (Å²) in [6, 6.07) is 5.97. The van der Waals surface area contributed by atoms with Gasteiger partial charge in [-0.15, -0.1) is 0 Å². The summed E-state index contributed by atoms with van der Waals surface area (Å²) in [5.74, 6) is 1.52. The Labute approximate surface area is 121 Å². The second-order valence-corrected chi connectivity index (χ2v) is 5.87. The van der Waals surface area contributed by atoms with Crippen molar-refractivity contribution < 1.29 is 14.2 Å². The van der Waals surface area contributed by atoms with Gasteiger partial charge in [-0.05, 0) is 57.4 Å². The van der Waals surface area contributed by atoms with Gasteiger partial charge in [-0.3, -0.25) is 0 Å². The van der Waals surface area contributed by atoms with Crippen LogP contribution < -0.4 is 15.2 Å². The third-order valence-corrected chi connectivity index (χ3v) is 3.64. The molecule has 1 aliphatic heterocycles. The van der Waals surface area contributed by atoms with Crippen molar-refractivity contribution >= 4 is 0 Å². The summed E-state index contributed by atoms with van der Waals surface area (Å²) in [6.45, 7) is 5.44. The van der Waals surface area contributed by atoms with Crippen molar-refractivity contribution in [3.05, 3.63) is 23.8 Å². The fourth-order valence-electron chi connectivity index (χ4n) is 2.53. The number of benzene rings is 1. The van der Waals surface area contributed by atoms with Gasteiger partial charge in [0.1, 0.15) is 6.61 Å². The van der Waals surface area contributed by atoms with Crippen molar-refractivity contribution in [2.24, 2.45) is 5.73 Å². The van der Waals surface area contributed by atoms with Crippen molar-refractivity contribution in [1.29, 1.82) is 0 Å². The molecule has 1 aliphatic rings. The molecule has 2 N–H and O–H groups in total. The maximum absolute atomic E-state index is 5.92. The van der Waals surface area contributed by atoms with E-state index in [0.29, 0.717) is 13.2 Å². The van der Waals surface area contributed by atoms with Gasteiger partial charge < -0.3 is 19.9 Å². The van der Waals surface area contributed by atoms with Crippen LogP contribution in [0.2, 0.25) is 0 Å². The zero-order chi connectivity index (χ0) is 14.6. The normalized spacial score (nSPS) is 20.9. The predicted octanol–water partition coefficient (Wildman–Crippen LogP) is 2.53. The fraction of sp³-hybridized carbons (Fsp3) is 0.625. The summed E-state index contributed by atoms with van der Waals surface area (Å²) in [5, 5.41) is 0. The number of hydrogen-bond acceptors (Lipinski definition) is 4. The van der Waals surface area contributed by atoms with Crippen LogP contribution in [0.5, 0.6) is 11.5 Å². The van der Waals surface area contributed by atoms with Crippen LogP contribution in [0, 0.1) is 0 Å². The van der Waals surface area contributed by atoms with Crippen molar-refractivity contribution in [2.45, 2.75) is 44.8 Å². The summed E-state index contributed by atoms with van der Waals surface area (Å²) in [4.78, 5) is 0. The van der Waals surface area contributed by atoms with Crippen LogP contribution in [0.4, 0.5) is 0 Å². The Morgan fingerprint density at radius 2 is 2.15 bits per heavy atom. The van der Waals surface area contributed by atoms with E-state index in [0.717, 1.165) is 36.3 Å². The van der Waals surface area contributed by atoms with Crippen molar-refractivity contribution in [3.8, 4) is 11.5 Å². The monoisotopic (exact) mass is 279 g/mol. The van der Waals surface area contributed by atoms with E-state index in [-0.39, 0.29) is 11.7 Å². The zero-order valence-corrected chi connectivity index (χ0v) is 12.6. The van der Waals surface area contributed by atoms with E-state index < -0.39 is 0 Å². The first-order valence-electron chi connectivity index (χ1n) is 7.21. The van der Waals surface area contributed by atoms with Crippen LogP contribution in [-0.4, -0.2) is 32.0 Å². The van der Waals surface area contributed by atoms with Crippen LogP contribution in [0.15, 0.2) is 18.2 Å². The molecule has 1 heterocycles. The first kappa shape index (κ1) is 15.1. The van der Waals surface area contributed by atoms with Gasteiger partial charge in [0.2, 0.25) is 0 Å². The Kier molecular flexibility index (Phi) is 4.89. The quantitative estimate of drug-likeness (QED) is 0.869. The van der Waals surface area contributed by atoms with E-state index in [1.807, 2.05) is 18.2 Å². The van der Waals surface area contributed by atoms with Crippen molar-refractivity contribution in [1.82, 2.24) is 0 Å². The molecule has 1 unspecified atom stereocenters.